The van der Waals surface area contributed by atoms with E-state index in [9.17, 15) is 5.11 Å². The highest BCUT2D eigenvalue weighted by atomic mass is 16.5. The Labute approximate surface area is 137 Å². The number of ether oxygens (including phenoxy) is 1. The van der Waals surface area contributed by atoms with E-state index in [0.29, 0.717) is 25.8 Å². The van der Waals surface area contributed by atoms with Crippen LogP contribution in [0.3, 0.4) is 0 Å². The molecule has 1 fully saturated rings. The van der Waals surface area contributed by atoms with Crippen LogP contribution < -0.4 is 0 Å². The van der Waals surface area contributed by atoms with Gasteiger partial charge in [0.25, 0.3) is 0 Å². The highest BCUT2D eigenvalue weighted by Gasteiger charge is 2.28. The minimum atomic E-state index is -0.462. The van der Waals surface area contributed by atoms with E-state index in [0.717, 1.165) is 24.9 Å². The lowest BCUT2D eigenvalue weighted by molar-refractivity contribution is 0.00771. The van der Waals surface area contributed by atoms with E-state index in [1.165, 1.54) is 5.56 Å². The van der Waals surface area contributed by atoms with Crippen LogP contribution in [0.1, 0.15) is 30.0 Å². The largest absolute Gasteiger partial charge is 0.389 e. The van der Waals surface area contributed by atoms with Crippen LogP contribution in [0.25, 0.3) is 0 Å². The average molecular weight is 315 g/mol. The molecule has 1 aliphatic rings. The van der Waals surface area contributed by atoms with E-state index in [1.807, 2.05) is 48.3 Å². The zero-order chi connectivity index (χ0) is 16.1. The van der Waals surface area contributed by atoms with Crippen molar-refractivity contribution in [1.29, 1.82) is 0 Å². The standard InChI is InChI=1S/C18H25N3O2/c1-20-11-16(10-19-20)18-8-5-9-21(18)12-17(22)14-23-13-15-6-3-2-4-7-15/h2-4,6-7,10-11,17-18,22H,5,8-9,12-14H2,1H3. The van der Waals surface area contributed by atoms with Crippen molar-refractivity contribution in [3.8, 4) is 0 Å². The molecule has 2 atom stereocenters. The van der Waals surface area contributed by atoms with Gasteiger partial charge >= 0.3 is 0 Å². The van der Waals surface area contributed by atoms with Gasteiger partial charge in [0, 0.05) is 31.4 Å². The van der Waals surface area contributed by atoms with Gasteiger partial charge in [-0.2, -0.15) is 5.10 Å². The van der Waals surface area contributed by atoms with Crippen LogP contribution in [0.2, 0.25) is 0 Å². The molecule has 5 heteroatoms. The molecule has 2 heterocycles. The summed E-state index contributed by atoms with van der Waals surface area (Å²) in [5.74, 6) is 0. The lowest BCUT2D eigenvalue weighted by Crippen LogP contribution is -2.34. The van der Waals surface area contributed by atoms with Crippen molar-refractivity contribution in [1.82, 2.24) is 14.7 Å². The molecular weight excluding hydrogens is 290 g/mol. The first-order valence-electron chi connectivity index (χ1n) is 8.24. The molecule has 0 aliphatic carbocycles. The lowest BCUT2D eigenvalue weighted by atomic mass is 10.1. The number of nitrogens with zero attached hydrogens (tertiary/aromatic N) is 3. The molecule has 2 aromatic rings. The Kier molecular flexibility index (Phi) is 5.43. The number of aryl methyl sites for hydroxylation is 1. The van der Waals surface area contributed by atoms with Crippen LogP contribution in [0.5, 0.6) is 0 Å². The zero-order valence-corrected chi connectivity index (χ0v) is 13.6. The summed E-state index contributed by atoms with van der Waals surface area (Å²) in [6.07, 6.45) is 5.83. The molecule has 0 radical (unpaired) electrons. The third kappa shape index (κ3) is 4.41. The lowest BCUT2D eigenvalue weighted by Gasteiger charge is -2.26. The number of benzene rings is 1. The fourth-order valence-corrected chi connectivity index (χ4v) is 3.24. The minimum Gasteiger partial charge on any atom is -0.389 e. The van der Waals surface area contributed by atoms with Crippen LogP contribution in [-0.4, -0.2) is 45.6 Å². The Hall–Kier alpha value is -1.69. The minimum absolute atomic E-state index is 0.366. The van der Waals surface area contributed by atoms with Gasteiger partial charge < -0.3 is 9.84 Å². The van der Waals surface area contributed by atoms with Crippen molar-refractivity contribution in [3.63, 3.8) is 0 Å². The Bertz CT molecular complexity index is 599. The number of β-amino-alcohol motifs (C(OH)–C–C–N with tert-alkyl or cyclic N) is 1. The predicted octanol–water partition coefficient (Wildman–Crippen LogP) is 2.13. The van der Waals surface area contributed by atoms with Crippen molar-refractivity contribution in [2.24, 2.45) is 7.05 Å². The third-order valence-electron chi connectivity index (χ3n) is 4.34. The van der Waals surface area contributed by atoms with Gasteiger partial charge in [0.2, 0.25) is 0 Å². The molecule has 1 N–H and O–H groups in total. The molecule has 1 aliphatic heterocycles. The van der Waals surface area contributed by atoms with E-state index in [4.69, 9.17) is 4.74 Å². The number of aliphatic hydroxyl groups excluding tert-OH is 1. The highest BCUT2D eigenvalue weighted by Crippen LogP contribution is 2.31. The first kappa shape index (κ1) is 16.2. The van der Waals surface area contributed by atoms with Crippen molar-refractivity contribution < 1.29 is 9.84 Å². The number of hydrogen-bond donors (Lipinski definition) is 1. The molecule has 1 aromatic heterocycles. The maximum atomic E-state index is 10.3. The van der Waals surface area contributed by atoms with Gasteiger partial charge in [-0.05, 0) is 24.9 Å². The van der Waals surface area contributed by atoms with Crippen molar-refractivity contribution in [3.05, 3.63) is 53.9 Å². The SMILES string of the molecule is Cn1cc(C2CCCN2CC(O)COCc2ccccc2)cn1. The second-order valence-corrected chi connectivity index (χ2v) is 6.25. The maximum absolute atomic E-state index is 10.3. The van der Waals surface area contributed by atoms with Crippen LogP contribution in [0, 0.1) is 0 Å². The zero-order valence-electron chi connectivity index (χ0n) is 13.6. The average Bonchev–Trinajstić information content (AvgIpc) is 3.17. The van der Waals surface area contributed by atoms with Gasteiger partial charge in [-0.15, -0.1) is 0 Å². The summed E-state index contributed by atoms with van der Waals surface area (Å²) in [5.41, 5.74) is 2.37. The van der Waals surface area contributed by atoms with Gasteiger partial charge in [-0.25, -0.2) is 0 Å². The van der Waals surface area contributed by atoms with Crippen molar-refractivity contribution in [2.45, 2.75) is 31.6 Å². The highest BCUT2D eigenvalue weighted by molar-refractivity contribution is 5.13. The first-order valence-corrected chi connectivity index (χ1v) is 8.24. The number of aliphatic hydroxyl groups is 1. The van der Waals surface area contributed by atoms with Crippen molar-refractivity contribution in [2.75, 3.05) is 19.7 Å². The molecule has 23 heavy (non-hydrogen) atoms. The molecule has 1 aromatic carbocycles. The smallest absolute Gasteiger partial charge is 0.0900 e. The summed E-state index contributed by atoms with van der Waals surface area (Å²) < 4.78 is 7.48. The van der Waals surface area contributed by atoms with E-state index in [-0.39, 0.29) is 0 Å². The first-order chi connectivity index (χ1) is 11.2. The molecule has 3 rings (SSSR count). The van der Waals surface area contributed by atoms with E-state index >= 15 is 0 Å². The van der Waals surface area contributed by atoms with Gasteiger partial charge in [-0.1, -0.05) is 30.3 Å². The molecule has 2 unspecified atom stereocenters. The van der Waals surface area contributed by atoms with Crippen LogP contribution in [0.4, 0.5) is 0 Å². The maximum Gasteiger partial charge on any atom is 0.0900 e. The van der Waals surface area contributed by atoms with Crippen LogP contribution in [-0.2, 0) is 18.4 Å². The van der Waals surface area contributed by atoms with Gasteiger partial charge in [0.15, 0.2) is 0 Å². The molecule has 0 amide bonds. The summed E-state index contributed by atoms with van der Waals surface area (Å²) in [6, 6.07) is 10.4. The molecule has 0 saturated carbocycles. The molecular formula is C18H25N3O2. The second kappa shape index (κ2) is 7.73. The number of aromatic nitrogens is 2. The molecule has 5 nitrogen and oxygen atoms in total. The normalized spacial score (nSPS) is 20.0. The third-order valence-corrected chi connectivity index (χ3v) is 4.34. The summed E-state index contributed by atoms with van der Waals surface area (Å²) in [4.78, 5) is 2.34. The van der Waals surface area contributed by atoms with E-state index < -0.39 is 6.10 Å². The van der Waals surface area contributed by atoms with Gasteiger partial charge in [0.1, 0.15) is 0 Å². The second-order valence-electron chi connectivity index (χ2n) is 6.25. The van der Waals surface area contributed by atoms with E-state index in [1.54, 1.807) is 0 Å². The number of rotatable bonds is 7. The molecule has 1 saturated heterocycles. The fourth-order valence-electron chi connectivity index (χ4n) is 3.24. The van der Waals surface area contributed by atoms with Gasteiger partial charge in [-0.3, -0.25) is 9.58 Å². The van der Waals surface area contributed by atoms with Crippen molar-refractivity contribution >= 4 is 0 Å². The Morgan fingerprint density at radius 2 is 2.17 bits per heavy atom. The molecule has 0 spiro atoms. The quantitative estimate of drug-likeness (QED) is 0.850. The topological polar surface area (TPSA) is 50.5 Å². The summed E-state index contributed by atoms with van der Waals surface area (Å²) in [5, 5.41) is 14.5. The number of hydrogen-bond acceptors (Lipinski definition) is 4. The summed E-state index contributed by atoms with van der Waals surface area (Å²) in [6.45, 7) is 2.58. The Morgan fingerprint density at radius 3 is 2.91 bits per heavy atom. The van der Waals surface area contributed by atoms with Crippen LogP contribution >= 0.6 is 0 Å². The predicted molar refractivity (Wildman–Crippen MR) is 88.9 cm³/mol. The van der Waals surface area contributed by atoms with Gasteiger partial charge in [0.05, 0.1) is 25.5 Å². The van der Waals surface area contributed by atoms with Crippen LogP contribution in [0.15, 0.2) is 42.7 Å². The summed E-state index contributed by atoms with van der Waals surface area (Å²) in [7, 11) is 1.94. The number of likely N-dealkylation sites (tertiary alicyclic amines) is 1. The Morgan fingerprint density at radius 1 is 1.35 bits per heavy atom. The van der Waals surface area contributed by atoms with E-state index in [2.05, 4.69) is 16.2 Å². The molecule has 0 bridgehead atoms. The Balaban J connectivity index is 1.46. The summed E-state index contributed by atoms with van der Waals surface area (Å²) >= 11 is 0. The molecule has 124 valence electrons. The monoisotopic (exact) mass is 315 g/mol. The fraction of sp³-hybridized carbons (Fsp3) is 0.500.